The van der Waals surface area contributed by atoms with Crippen LogP contribution in [0.15, 0.2) is 24.3 Å². The number of nitrogens with one attached hydrogen (secondary N) is 2. The first-order chi connectivity index (χ1) is 9.83. The predicted octanol–water partition coefficient (Wildman–Crippen LogP) is 2.36. The Morgan fingerprint density at radius 3 is 2.75 bits per heavy atom. The van der Waals surface area contributed by atoms with Crippen LogP contribution < -0.4 is 10.6 Å². The zero-order valence-electron chi connectivity index (χ0n) is 12.0. The van der Waals surface area contributed by atoms with E-state index < -0.39 is 0 Å². The van der Waals surface area contributed by atoms with Crippen LogP contribution in [0.3, 0.4) is 0 Å². The Morgan fingerprint density at radius 2 is 1.95 bits per heavy atom. The Morgan fingerprint density at radius 1 is 1.15 bits per heavy atom. The van der Waals surface area contributed by atoms with Crippen molar-refractivity contribution in [1.82, 2.24) is 10.6 Å². The summed E-state index contributed by atoms with van der Waals surface area (Å²) in [6.45, 7) is 1.37. The molecule has 3 heteroatoms. The van der Waals surface area contributed by atoms with Gasteiger partial charge in [-0.2, -0.15) is 0 Å². The first-order valence-corrected chi connectivity index (χ1v) is 7.91. The molecule has 1 fully saturated rings. The van der Waals surface area contributed by atoms with Crippen molar-refractivity contribution >= 4 is 5.91 Å². The molecule has 3 nitrogen and oxygen atoms in total. The maximum Gasteiger partial charge on any atom is 0.234 e. The highest BCUT2D eigenvalue weighted by atomic mass is 16.1. The van der Waals surface area contributed by atoms with Crippen LogP contribution in [0, 0.1) is 0 Å². The molecule has 20 heavy (non-hydrogen) atoms. The summed E-state index contributed by atoms with van der Waals surface area (Å²) in [5.74, 6) is 0.748. The molecule has 3 rings (SSSR count). The molecular formula is C17H24N2O. The fourth-order valence-electron chi connectivity index (χ4n) is 3.43. The lowest BCUT2D eigenvalue weighted by atomic mass is 9.77. The smallest absolute Gasteiger partial charge is 0.234 e. The monoisotopic (exact) mass is 272 g/mol. The van der Waals surface area contributed by atoms with Gasteiger partial charge in [-0.1, -0.05) is 43.5 Å². The molecule has 1 unspecified atom stereocenters. The molecule has 1 saturated carbocycles. The van der Waals surface area contributed by atoms with Crippen LogP contribution in [0.5, 0.6) is 0 Å². The average molecular weight is 272 g/mol. The molecule has 1 aromatic rings. The van der Waals surface area contributed by atoms with Crippen molar-refractivity contribution in [1.29, 1.82) is 0 Å². The number of hydrogen-bond donors (Lipinski definition) is 2. The number of benzene rings is 1. The molecule has 1 aromatic carbocycles. The average Bonchev–Trinajstić information content (AvgIpc) is 2.45. The third kappa shape index (κ3) is 3.21. The maximum absolute atomic E-state index is 11.9. The van der Waals surface area contributed by atoms with E-state index >= 15 is 0 Å². The Balaban J connectivity index is 1.35. The summed E-state index contributed by atoms with van der Waals surface area (Å²) in [6, 6.07) is 9.01. The van der Waals surface area contributed by atoms with Crippen LogP contribution in [-0.4, -0.2) is 25.0 Å². The van der Waals surface area contributed by atoms with Gasteiger partial charge in [0.25, 0.3) is 0 Å². The van der Waals surface area contributed by atoms with Crippen molar-refractivity contribution in [3.8, 4) is 0 Å². The zero-order valence-corrected chi connectivity index (χ0v) is 12.0. The molecule has 1 atom stereocenters. The number of hydrogen-bond acceptors (Lipinski definition) is 2. The van der Waals surface area contributed by atoms with Gasteiger partial charge in [0.05, 0.1) is 6.54 Å². The van der Waals surface area contributed by atoms with Crippen molar-refractivity contribution in [3.05, 3.63) is 35.4 Å². The summed E-state index contributed by atoms with van der Waals surface area (Å²) in [4.78, 5) is 11.9. The van der Waals surface area contributed by atoms with Gasteiger partial charge in [0.1, 0.15) is 0 Å². The summed E-state index contributed by atoms with van der Waals surface area (Å²) >= 11 is 0. The van der Waals surface area contributed by atoms with E-state index in [0.717, 1.165) is 25.8 Å². The van der Waals surface area contributed by atoms with Gasteiger partial charge >= 0.3 is 0 Å². The molecule has 0 aliphatic heterocycles. The van der Waals surface area contributed by atoms with E-state index in [9.17, 15) is 4.79 Å². The lowest BCUT2D eigenvalue weighted by Crippen LogP contribution is -2.42. The minimum atomic E-state index is 0.157. The molecule has 108 valence electrons. The van der Waals surface area contributed by atoms with Gasteiger partial charge < -0.3 is 10.6 Å². The van der Waals surface area contributed by atoms with Gasteiger partial charge in [0, 0.05) is 18.5 Å². The number of carbonyl (C=O) groups is 1. The Bertz CT molecular complexity index is 466. The van der Waals surface area contributed by atoms with Crippen molar-refractivity contribution in [2.24, 2.45) is 0 Å². The summed E-state index contributed by atoms with van der Waals surface area (Å²) in [6.07, 6.45) is 7.30. The van der Waals surface area contributed by atoms with Gasteiger partial charge in [-0.05, 0) is 30.4 Å². The third-order valence-electron chi connectivity index (χ3n) is 4.61. The van der Waals surface area contributed by atoms with Gasteiger partial charge in [-0.25, -0.2) is 0 Å². The van der Waals surface area contributed by atoms with Gasteiger partial charge in [-0.3, -0.25) is 4.79 Å². The maximum atomic E-state index is 11.9. The SMILES string of the molecule is O=C(CNCC1Cc2ccccc21)NC1CCCCC1. The molecule has 0 spiro atoms. The summed E-state index contributed by atoms with van der Waals surface area (Å²) in [7, 11) is 0. The number of fused-ring (bicyclic) bond motifs is 1. The fourth-order valence-corrected chi connectivity index (χ4v) is 3.43. The lowest BCUT2D eigenvalue weighted by Gasteiger charge is -2.30. The van der Waals surface area contributed by atoms with Gasteiger partial charge in [0.2, 0.25) is 5.91 Å². The van der Waals surface area contributed by atoms with E-state index in [2.05, 4.69) is 34.9 Å². The second-order valence-corrected chi connectivity index (χ2v) is 6.13. The molecule has 0 aromatic heterocycles. The minimum Gasteiger partial charge on any atom is -0.352 e. The number of carbonyl (C=O) groups excluding carboxylic acids is 1. The van der Waals surface area contributed by atoms with Crippen LogP contribution in [0.1, 0.15) is 49.1 Å². The third-order valence-corrected chi connectivity index (χ3v) is 4.61. The molecule has 0 bridgehead atoms. The Hall–Kier alpha value is -1.35. The highest BCUT2D eigenvalue weighted by Crippen LogP contribution is 2.33. The van der Waals surface area contributed by atoms with Crippen molar-refractivity contribution in [2.45, 2.75) is 50.5 Å². The molecule has 0 saturated heterocycles. The second-order valence-electron chi connectivity index (χ2n) is 6.13. The molecule has 1 amide bonds. The standard InChI is InChI=1S/C17H24N2O/c20-17(19-15-7-2-1-3-8-15)12-18-11-14-10-13-6-4-5-9-16(13)14/h4-6,9,14-15,18H,1-3,7-8,10-12H2,(H,19,20). The molecule has 0 radical (unpaired) electrons. The largest absolute Gasteiger partial charge is 0.352 e. The van der Waals surface area contributed by atoms with E-state index in [1.807, 2.05) is 0 Å². The molecule has 2 aliphatic carbocycles. The summed E-state index contributed by atoms with van der Waals surface area (Å²) in [5.41, 5.74) is 2.92. The normalized spacial score (nSPS) is 21.9. The van der Waals surface area contributed by atoms with E-state index in [1.165, 1.54) is 30.4 Å². The topological polar surface area (TPSA) is 41.1 Å². The van der Waals surface area contributed by atoms with E-state index in [-0.39, 0.29) is 5.91 Å². The Labute approximate surface area is 121 Å². The highest BCUT2D eigenvalue weighted by molar-refractivity contribution is 5.78. The van der Waals surface area contributed by atoms with Crippen LogP contribution in [-0.2, 0) is 11.2 Å². The molecule has 2 N–H and O–H groups in total. The van der Waals surface area contributed by atoms with Gasteiger partial charge in [0.15, 0.2) is 0 Å². The van der Waals surface area contributed by atoms with E-state index in [4.69, 9.17) is 0 Å². The van der Waals surface area contributed by atoms with Crippen molar-refractivity contribution in [3.63, 3.8) is 0 Å². The first kappa shape index (κ1) is 13.6. The number of rotatable bonds is 5. The quantitative estimate of drug-likeness (QED) is 0.864. The minimum absolute atomic E-state index is 0.157. The van der Waals surface area contributed by atoms with Crippen LogP contribution in [0.25, 0.3) is 0 Å². The van der Waals surface area contributed by atoms with Gasteiger partial charge in [-0.15, -0.1) is 0 Å². The fraction of sp³-hybridized carbons (Fsp3) is 0.588. The van der Waals surface area contributed by atoms with Crippen LogP contribution in [0.2, 0.25) is 0 Å². The predicted molar refractivity (Wildman–Crippen MR) is 80.8 cm³/mol. The van der Waals surface area contributed by atoms with Crippen molar-refractivity contribution < 1.29 is 4.79 Å². The second kappa shape index (κ2) is 6.40. The molecule has 2 aliphatic rings. The first-order valence-electron chi connectivity index (χ1n) is 7.91. The summed E-state index contributed by atoms with van der Waals surface area (Å²) < 4.78 is 0. The Kier molecular flexibility index (Phi) is 4.36. The number of amides is 1. The van der Waals surface area contributed by atoms with Crippen molar-refractivity contribution in [2.75, 3.05) is 13.1 Å². The zero-order chi connectivity index (χ0) is 13.8. The van der Waals surface area contributed by atoms with Crippen LogP contribution >= 0.6 is 0 Å². The van der Waals surface area contributed by atoms with E-state index in [0.29, 0.717) is 18.5 Å². The van der Waals surface area contributed by atoms with E-state index in [1.54, 1.807) is 0 Å². The highest BCUT2D eigenvalue weighted by Gasteiger charge is 2.25. The molecule has 0 heterocycles. The summed E-state index contributed by atoms with van der Waals surface area (Å²) in [5, 5.41) is 6.45. The molecular weight excluding hydrogens is 248 g/mol. The van der Waals surface area contributed by atoms with Crippen LogP contribution in [0.4, 0.5) is 0 Å². The lowest BCUT2D eigenvalue weighted by molar-refractivity contribution is -0.121.